The van der Waals surface area contributed by atoms with E-state index >= 15 is 0 Å². The molecule has 1 heterocycles. The highest BCUT2D eigenvalue weighted by Crippen LogP contribution is 2.40. The van der Waals surface area contributed by atoms with E-state index in [1.807, 2.05) is 33.7 Å². The average Bonchev–Trinajstić information content (AvgIpc) is 3.27. The fraction of sp³-hybridized carbons (Fsp3) is 0.632. The Balaban J connectivity index is 1.48. The average molecular weight is 382 g/mol. The van der Waals surface area contributed by atoms with Gasteiger partial charge in [-0.25, -0.2) is 0 Å². The number of nitrogens with one attached hydrogen (secondary N) is 1. The van der Waals surface area contributed by atoms with Crippen molar-refractivity contribution in [2.45, 2.75) is 56.2 Å². The highest BCUT2D eigenvalue weighted by atomic mass is 33.1. The van der Waals surface area contributed by atoms with Gasteiger partial charge >= 0.3 is 0 Å². The largest absolute Gasteiger partial charge is 0.493 e. The Labute approximate surface area is 158 Å². The SMILES string of the molecule is COc1cc2c(cc1OC)C(NC(=O)CCCCC1CCSS1)CC2. The quantitative estimate of drug-likeness (QED) is 0.530. The number of benzene rings is 1. The first-order chi connectivity index (χ1) is 12.2. The van der Waals surface area contributed by atoms with Gasteiger partial charge in [0.15, 0.2) is 11.5 Å². The van der Waals surface area contributed by atoms with Crippen LogP contribution in [0.25, 0.3) is 0 Å². The third-order valence-electron chi connectivity index (χ3n) is 4.97. The lowest BCUT2D eigenvalue weighted by Gasteiger charge is -2.16. The molecular weight excluding hydrogens is 354 g/mol. The van der Waals surface area contributed by atoms with Gasteiger partial charge in [0, 0.05) is 17.4 Å². The zero-order valence-electron chi connectivity index (χ0n) is 15.0. The Hall–Kier alpha value is -1.01. The molecule has 2 atom stereocenters. The molecule has 0 saturated carbocycles. The molecule has 1 fully saturated rings. The second kappa shape index (κ2) is 9.08. The van der Waals surface area contributed by atoms with Gasteiger partial charge in [0.05, 0.1) is 20.3 Å². The maximum atomic E-state index is 12.3. The molecule has 2 aliphatic rings. The van der Waals surface area contributed by atoms with Crippen LogP contribution < -0.4 is 14.8 Å². The normalized spacial score (nSPS) is 21.8. The van der Waals surface area contributed by atoms with Gasteiger partial charge in [-0.15, -0.1) is 0 Å². The lowest BCUT2D eigenvalue weighted by Crippen LogP contribution is -2.26. The van der Waals surface area contributed by atoms with Crippen molar-refractivity contribution in [3.63, 3.8) is 0 Å². The molecule has 1 aromatic carbocycles. The zero-order valence-corrected chi connectivity index (χ0v) is 16.6. The van der Waals surface area contributed by atoms with E-state index in [4.69, 9.17) is 9.47 Å². The van der Waals surface area contributed by atoms with E-state index < -0.39 is 0 Å². The maximum Gasteiger partial charge on any atom is 0.220 e. The van der Waals surface area contributed by atoms with E-state index in [0.717, 1.165) is 42.4 Å². The van der Waals surface area contributed by atoms with Gasteiger partial charge in [0.2, 0.25) is 5.91 Å². The number of amides is 1. The Bertz CT molecular complexity index is 603. The number of hydrogen-bond acceptors (Lipinski definition) is 5. The van der Waals surface area contributed by atoms with Crippen LogP contribution in [0.4, 0.5) is 0 Å². The van der Waals surface area contributed by atoms with Gasteiger partial charge in [-0.3, -0.25) is 4.79 Å². The van der Waals surface area contributed by atoms with Gasteiger partial charge in [0.1, 0.15) is 0 Å². The van der Waals surface area contributed by atoms with Crippen LogP contribution in [0.5, 0.6) is 11.5 Å². The zero-order chi connectivity index (χ0) is 17.6. The first-order valence-corrected chi connectivity index (χ1v) is 11.4. The molecule has 2 unspecified atom stereocenters. The predicted octanol–water partition coefficient (Wildman–Crippen LogP) is 4.52. The molecule has 3 rings (SSSR count). The van der Waals surface area contributed by atoms with Crippen LogP contribution in [0.15, 0.2) is 12.1 Å². The van der Waals surface area contributed by atoms with Crippen molar-refractivity contribution in [3.8, 4) is 11.5 Å². The number of methoxy groups -OCH3 is 2. The number of carbonyl (C=O) groups is 1. The summed E-state index contributed by atoms with van der Waals surface area (Å²) in [5.74, 6) is 2.94. The standard InChI is InChI=1S/C19H27NO3S2/c1-22-17-11-13-7-8-16(15(13)12-18(17)23-2)20-19(21)6-4-3-5-14-9-10-24-25-14/h11-12,14,16H,3-10H2,1-2H3,(H,20,21). The molecule has 0 radical (unpaired) electrons. The van der Waals surface area contributed by atoms with Crippen LogP contribution in [0.2, 0.25) is 0 Å². The first-order valence-electron chi connectivity index (χ1n) is 9.03. The van der Waals surface area contributed by atoms with Gasteiger partial charge in [-0.2, -0.15) is 0 Å². The minimum absolute atomic E-state index is 0.101. The van der Waals surface area contributed by atoms with Crippen LogP contribution in [-0.4, -0.2) is 31.1 Å². The molecule has 1 aromatic rings. The highest BCUT2D eigenvalue weighted by molar-refractivity contribution is 8.77. The first kappa shape index (κ1) is 18.8. The van der Waals surface area contributed by atoms with E-state index in [-0.39, 0.29) is 11.9 Å². The van der Waals surface area contributed by atoms with Crippen molar-refractivity contribution in [3.05, 3.63) is 23.3 Å². The maximum absolute atomic E-state index is 12.3. The van der Waals surface area contributed by atoms with E-state index in [9.17, 15) is 4.79 Å². The molecule has 4 nitrogen and oxygen atoms in total. The summed E-state index contributed by atoms with van der Waals surface area (Å²) in [5.41, 5.74) is 2.42. The monoisotopic (exact) mass is 381 g/mol. The fourth-order valence-corrected chi connectivity index (χ4v) is 6.60. The molecule has 1 N–H and O–H groups in total. The molecule has 1 amide bonds. The fourth-order valence-electron chi connectivity index (χ4n) is 3.57. The van der Waals surface area contributed by atoms with Gasteiger partial charge < -0.3 is 14.8 Å². The molecule has 0 bridgehead atoms. The minimum Gasteiger partial charge on any atom is -0.493 e. The Morgan fingerprint density at radius 2 is 2.00 bits per heavy atom. The lowest BCUT2D eigenvalue weighted by molar-refractivity contribution is -0.121. The summed E-state index contributed by atoms with van der Waals surface area (Å²) >= 11 is 0. The molecule has 25 heavy (non-hydrogen) atoms. The number of rotatable bonds is 8. The Morgan fingerprint density at radius 3 is 2.72 bits per heavy atom. The summed E-state index contributed by atoms with van der Waals surface area (Å²) in [4.78, 5) is 12.3. The Kier molecular flexibility index (Phi) is 6.82. The summed E-state index contributed by atoms with van der Waals surface area (Å²) in [6, 6.07) is 4.16. The number of hydrogen-bond donors (Lipinski definition) is 1. The predicted molar refractivity (Wildman–Crippen MR) is 106 cm³/mol. The van der Waals surface area contributed by atoms with Gasteiger partial charge in [0.25, 0.3) is 0 Å². The molecular formula is C19H27NO3S2. The van der Waals surface area contributed by atoms with Crippen molar-refractivity contribution < 1.29 is 14.3 Å². The lowest BCUT2D eigenvalue weighted by atomic mass is 10.1. The van der Waals surface area contributed by atoms with Crippen LogP contribution in [-0.2, 0) is 11.2 Å². The van der Waals surface area contributed by atoms with Crippen LogP contribution in [0.3, 0.4) is 0 Å². The van der Waals surface area contributed by atoms with Crippen molar-refractivity contribution in [2.75, 3.05) is 20.0 Å². The van der Waals surface area contributed by atoms with Gasteiger partial charge in [-0.05, 0) is 55.4 Å². The number of carbonyl (C=O) groups excluding carboxylic acids is 1. The molecule has 0 spiro atoms. The minimum atomic E-state index is 0.101. The number of fused-ring (bicyclic) bond motifs is 1. The van der Waals surface area contributed by atoms with E-state index in [0.29, 0.717) is 6.42 Å². The third kappa shape index (κ3) is 4.79. The highest BCUT2D eigenvalue weighted by Gasteiger charge is 2.26. The Morgan fingerprint density at radius 1 is 1.20 bits per heavy atom. The van der Waals surface area contributed by atoms with Crippen molar-refractivity contribution in [1.29, 1.82) is 0 Å². The molecule has 1 saturated heterocycles. The molecule has 1 aliphatic heterocycles. The molecule has 1 aliphatic carbocycles. The smallest absolute Gasteiger partial charge is 0.220 e. The van der Waals surface area contributed by atoms with Crippen molar-refractivity contribution in [2.24, 2.45) is 0 Å². The number of ether oxygens (including phenoxy) is 2. The second-order valence-electron chi connectivity index (χ2n) is 6.64. The summed E-state index contributed by atoms with van der Waals surface area (Å²) in [6.45, 7) is 0. The summed E-state index contributed by atoms with van der Waals surface area (Å²) < 4.78 is 10.8. The second-order valence-corrected chi connectivity index (χ2v) is 9.43. The topological polar surface area (TPSA) is 47.6 Å². The van der Waals surface area contributed by atoms with Crippen molar-refractivity contribution >= 4 is 27.5 Å². The van der Waals surface area contributed by atoms with Crippen molar-refractivity contribution in [1.82, 2.24) is 5.32 Å². The van der Waals surface area contributed by atoms with E-state index in [1.54, 1.807) is 14.2 Å². The number of unbranched alkanes of at least 4 members (excludes halogenated alkanes) is 1. The summed E-state index contributed by atoms with van der Waals surface area (Å²) in [6.07, 6.45) is 7.26. The van der Waals surface area contributed by atoms with E-state index in [1.165, 1.54) is 29.7 Å². The molecule has 0 aromatic heterocycles. The van der Waals surface area contributed by atoms with E-state index in [2.05, 4.69) is 5.32 Å². The van der Waals surface area contributed by atoms with Crippen LogP contribution >= 0.6 is 21.6 Å². The van der Waals surface area contributed by atoms with Crippen LogP contribution in [0.1, 0.15) is 55.7 Å². The third-order valence-corrected chi connectivity index (χ3v) is 7.97. The summed E-state index contributed by atoms with van der Waals surface area (Å²) in [7, 11) is 7.31. The number of aryl methyl sites for hydroxylation is 1. The molecule has 6 heteroatoms. The van der Waals surface area contributed by atoms with Crippen LogP contribution in [0, 0.1) is 0 Å². The summed E-state index contributed by atoms with van der Waals surface area (Å²) in [5, 5.41) is 4.01. The van der Waals surface area contributed by atoms with Gasteiger partial charge in [-0.1, -0.05) is 28.0 Å². The molecule has 138 valence electrons.